The average molecular weight is 311 g/mol. The number of halogens is 3. The predicted molar refractivity (Wildman–Crippen MR) is 60.9 cm³/mol. The first-order valence-corrected chi connectivity index (χ1v) is 5.57. The maximum absolute atomic E-state index is 11.8. The summed E-state index contributed by atoms with van der Waals surface area (Å²) in [6, 6.07) is 5.85. The van der Waals surface area contributed by atoms with E-state index < -0.39 is 0 Å². The minimum absolute atomic E-state index is 0.277. The van der Waals surface area contributed by atoms with Gasteiger partial charge in [-0.25, -0.2) is 0 Å². The fourth-order valence-electron chi connectivity index (χ4n) is 0.923. The molecule has 1 rings (SSSR count). The Balaban J connectivity index is 2.56. The van der Waals surface area contributed by atoms with E-state index in [1.54, 1.807) is 0 Å². The minimum Gasteiger partial charge on any atom is -0.384 e. The van der Waals surface area contributed by atoms with Crippen LogP contribution in [0.25, 0.3) is 0 Å². The summed E-state index contributed by atoms with van der Waals surface area (Å²) < 4.78 is 13.8. The van der Waals surface area contributed by atoms with Crippen LogP contribution in [0.4, 0.5) is 10.1 Å². The molecule has 72 valence electrons. The third-order valence-corrected chi connectivity index (χ3v) is 2.71. The van der Waals surface area contributed by atoms with E-state index in [1.165, 1.54) is 0 Å². The van der Waals surface area contributed by atoms with Gasteiger partial charge in [-0.15, -0.1) is 0 Å². The molecule has 1 nitrogen and oxygen atoms in total. The second kappa shape index (κ2) is 5.60. The van der Waals surface area contributed by atoms with Crippen molar-refractivity contribution in [3.05, 3.63) is 27.1 Å². The lowest BCUT2D eigenvalue weighted by molar-refractivity contribution is 0.481. The number of hydrogen-bond donors (Lipinski definition) is 1. The van der Waals surface area contributed by atoms with Crippen LogP contribution in [0.1, 0.15) is 6.42 Å². The van der Waals surface area contributed by atoms with E-state index in [0.29, 0.717) is 13.0 Å². The normalized spacial score (nSPS) is 10.1. The molecule has 0 aromatic heterocycles. The van der Waals surface area contributed by atoms with Crippen LogP contribution in [-0.4, -0.2) is 13.2 Å². The zero-order valence-electron chi connectivity index (χ0n) is 6.99. The Hall–Kier alpha value is -0.0900. The summed E-state index contributed by atoms with van der Waals surface area (Å²) in [4.78, 5) is 0. The Bertz CT molecular complexity index is 278. The molecule has 0 aliphatic heterocycles. The Kier molecular flexibility index (Phi) is 4.73. The summed E-state index contributed by atoms with van der Waals surface area (Å²) >= 11 is 6.77. The van der Waals surface area contributed by atoms with Gasteiger partial charge in [0, 0.05) is 21.2 Å². The van der Waals surface area contributed by atoms with E-state index in [0.717, 1.165) is 14.6 Å². The molecule has 0 saturated carbocycles. The van der Waals surface area contributed by atoms with E-state index in [2.05, 4.69) is 37.2 Å². The first kappa shape index (κ1) is 11.0. The summed E-state index contributed by atoms with van der Waals surface area (Å²) in [6.45, 7) is 0.387. The molecular weight excluding hydrogens is 301 g/mol. The largest absolute Gasteiger partial charge is 0.384 e. The molecule has 1 aromatic carbocycles. The standard InChI is InChI=1S/C9H10Br2FN/c10-7-2-3-9(8(11)6-7)13-5-1-4-12/h2-3,6,13H,1,4-5H2. The molecule has 0 amide bonds. The maximum atomic E-state index is 11.8. The molecule has 13 heavy (non-hydrogen) atoms. The van der Waals surface area contributed by atoms with Gasteiger partial charge >= 0.3 is 0 Å². The summed E-state index contributed by atoms with van der Waals surface area (Å²) in [6.07, 6.45) is 0.544. The lowest BCUT2D eigenvalue weighted by Crippen LogP contribution is -2.02. The molecule has 0 spiro atoms. The highest BCUT2D eigenvalue weighted by molar-refractivity contribution is 9.11. The first-order chi connectivity index (χ1) is 6.24. The van der Waals surface area contributed by atoms with E-state index in [-0.39, 0.29) is 6.67 Å². The third-order valence-electron chi connectivity index (χ3n) is 1.56. The molecule has 0 bridgehead atoms. The van der Waals surface area contributed by atoms with Gasteiger partial charge in [-0.3, -0.25) is 4.39 Å². The van der Waals surface area contributed by atoms with Crippen LogP contribution in [0.2, 0.25) is 0 Å². The number of nitrogens with one attached hydrogen (secondary N) is 1. The van der Waals surface area contributed by atoms with Crippen molar-refractivity contribution in [1.29, 1.82) is 0 Å². The van der Waals surface area contributed by atoms with E-state index >= 15 is 0 Å². The fourth-order valence-corrected chi connectivity index (χ4v) is 2.11. The second-order valence-corrected chi connectivity index (χ2v) is 4.36. The van der Waals surface area contributed by atoms with Gasteiger partial charge in [0.15, 0.2) is 0 Å². The lowest BCUT2D eigenvalue weighted by Gasteiger charge is -2.07. The van der Waals surface area contributed by atoms with Gasteiger partial charge in [-0.2, -0.15) is 0 Å². The highest BCUT2D eigenvalue weighted by Crippen LogP contribution is 2.25. The number of rotatable bonds is 4. The van der Waals surface area contributed by atoms with Crippen LogP contribution in [0.15, 0.2) is 27.1 Å². The zero-order valence-corrected chi connectivity index (χ0v) is 10.2. The molecule has 0 heterocycles. The van der Waals surface area contributed by atoms with Crippen LogP contribution in [0.3, 0.4) is 0 Å². The molecule has 0 saturated heterocycles. The van der Waals surface area contributed by atoms with Crippen molar-refractivity contribution in [2.24, 2.45) is 0 Å². The summed E-state index contributed by atoms with van der Waals surface area (Å²) in [5.41, 5.74) is 0.997. The van der Waals surface area contributed by atoms with Crippen molar-refractivity contribution in [2.75, 3.05) is 18.5 Å². The van der Waals surface area contributed by atoms with Gasteiger partial charge in [0.1, 0.15) is 0 Å². The van der Waals surface area contributed by atoms with Crippen molar-refractivity contribution in [3.8, 4) is 0 Å². The van der Waals surface area contributed by atoms with Crippen LogP contribution in [0, 0.1) is 0 Å². The molecule has 1 aromatic rings. The van der Waals surface area contributed by atoms with Gasteiger partial charge in [-0.05, 0) is 40.5 Å². The highest BCUT2D eigenvalue weighted by Gasteiger charge is 1.98. The van der Waals surface area contributed by atoms with Crippen molar-refractivity contribution < 1.29 is 4.39 Å². The molecule has 0 fully saturated rings. The van der Waals surface area contributed by atoms with E-state index in [4.69, 9.17) is 0 Å². The molecule has 0 unspecified atom stereocenters. The number of benzene rings is 1. The minimum atomic E-state index is -0.277. The van der Waals surface area contributed by atoms with E-state index in [1.807, 2.05) is 18.2 Å². The SMILES string of the molecule is FCCCNc1ccc(Br)cc1Br. The van der Waals surface area contributed by atoms with Gasteiger partial charge in [0.05, 0.1) is 6.67 Å². The van der Waals surface area contributed by atoms with E-state index in [9.17, 15) is 4.39 Å². The zero-order chi connectivity index (χ0) is 9.68. The summed E-state index contributed by atoms with van der Waals surface area (Å²) in [5.74, 6) is 0. The molecular formula is C9H10Br2FN. The van der Waals surface area contributed by atoms with Gasteiger partial charge in [0.25, 0.3) is 0 Å². The Labute approximate surface area is 94.0 Å². The molecule has 0 atom stereocenters. The van der Waals surface area contributed by atoms with Crippen LogP contribution >= 0.6 is 31.9 Å². The lowest BCUT2D eigenvalue weighted by atomic mass is 10.3. The summed E-state index contributed by atoms with van der Waals surface area (Å²) in [7, 11) is 0. The van der Waals surface area contributed by atoms with Gasteiger partial charge in [-0.1, -0.05) is 15.9 Å². The van der Waals surface area contributed by atoms with Crippen LogP contribution < -0.4 is 5.32 Å². The Morgan fingerprint density at radius 2 is 2.08 bits per heavy atom. The van der Waals surface area contributed by atoms with Crippen LogP contribution in [0.5, 0.6) is 0 Å². The topological polar surface area (TPSA) is 12.0 Å². The van der Waals surface area contributed by atoms with Gasteiger partial charge < -0.3 is 5.32 Å². The quantitative estimate of drug-likeness (QED) is 0.829. The predicted octanol–water partition coefficient (Wildman–Crippen LogP) is 3.98. The Morgan fingerprint density at radius 1 is 1.31 bits per heavy atom. The monoisotopic (exact) mass is 309 g/mol. The van der Waals surface area contributed by atoms with Crippen molar-refractivity contribution >= 4 is 37.5 Å². The second-order valence-electron chi connectivity index (χ2n) is 2.59. The summed E-state index contributed by atoms with van der Waals surface area (Å²) in [5, 5.41) is 3.13. The first-order valence-electron chi connectivity index (χ1n) is 3.99. The third kappa shape index (κ3) is 3.65. The molecule has 0 radical (unpaired) electrons. The average Bonchev–Trinajstić information content (AvgIpc) is 2.09. The molecule has 1 N–H and O–H groups in total. The van der Waals surface area contributed by atoms with Gasteiger partial charge in [0.2, 0.25) is 0 Å². The van der Waals surface area contributed by atoms with Crippen molar-refractivity contribution in [3.63, 3.8) is 0 Å². The highest BCUT2D eigenvalue weighted by atomic mass is 79.9. The fraction of sp³-hybridized carbons (Fsp3) is 0.333. The van der Waals surface area contributed by atoms with Crippen LogP contribution in [-0.2, 0) is 0 Å². The number of alkyl halides is 1. The smallest absolute Gasteiger partial charge is 0.0911 e. The Morgan fingerprint density at radius 3 is 2.69 bits per heavy atom. The molecule has 4 heteroatoms. The number of anilines is 1. The van der Waals surface area contributed by atoms with Crippen molar-refractivity contribution in [2.45, 2.75) is 6.42 Å². The number of hydrogen-bond acceptors (Lipinski definition) is 1. The molecule has 0 aliphatic rings. The molecule has 0 aliphatic carbocycles. The maximum Gasteiger partial charge on any atom is 0.0911 e. The van der Waals surface area contributed by atoms with Crippen molar-refractivity contribution in [1.82, 2.24) is 0 Å².